The minimum Gasteiger partial charge on any atom is -0.497 e. The van der Waals surface area contributed by atoms with Crippen molar-refractivity contribution in [3.63, 3.8) is 0 Å². The van der Waals surface area contributed by atoms with Crippen LogP contribution in [0.2, 0.25) is 0 Å². The van der Waals surface area contributed by atoms with Crippen LogP contribution in [-0.2, 0) is 6.42 Å². The van der Waals surface area contributed by atoms with Crippen LogP contribution in [-0.4, -0.2) is 21.0 Å². The molecular formula is C25H20O5. The highest BCUT2D eigenvalue weighted by molar-refractivity contribution is 5.80. The summed E-state index contributed by atoms with van der Waals surface area (Å²) in [7, 11) is 3.37. The van der Waals surface area contributed by atoms with Crippen LogP contribution < -0.4 is 23.7 Å². The molecule has 2 heterocycles. The third-order valence-electron chi connectivity index (χ3n) is 6.06. The zero-order valence-corrected chi connectivity index (χ0v) is 16.7. The van der Waals surface area contributed by atoms with Crippen LogP contribution in [0.5, 0.6) is 28.7 Å². The Morgan fingerprint density at radius 2 is 1.53 bits per heavy atom. The van der Waals surface area contributed by atoms with Crippen molar-refractivity contribution in [2.24, 2.45) is 0 Å². The van der Waals surface area contributed by atoms with Gasteiger partial charge in [-0.15, -0.1) is 0 Å². The fourth-order valence-electron chi connectivity index (χ4n) is 4.60. The number of rotatable bonds is 3. The predicted octanol–water partition coefficient (Wildman–Crippen LogP) is 4.92. The molecule has 30 heavy (non-hydrogen) atoms. The summed E-state index contributed by atoms with van der Waals surface area (Å²) in [6.45, 7) is 0.237. The maximum absolute atomic E-state index is 6.46. The largest absolute Gasteiger partial charge is 0.497 e. The van der Waals surface area contributed by atoms with Gasteiger partial charge in [0.15, 0.2) is 11.5 Å². The Morgan fingerprint density at radius 1 is 0.800 bits per heavy atom. The van der Waals surface area contributed by atoms with Crippen LogP contribution in [0.25, 0.3) is 5.76 Å². The molecule has 0 radical (unpaired) electrons. The Hall–Kier alpha value is -3.60. The van der Waals surface area contributed by atoms with E-state index in [-0.39, 0.29) is 12.7 Å². The van der Waals surface area contributed by atoms with Crippen molar-refractivity contribution in [3.8, 4) is 28.7 Å². The lowest BCUT2D eigenvalue weighted by molar-refractivity contribution is 0.174. The second-order valence-electron chi connectivity index (χ2n) is 7.61. The summed E-state index contributed by atoms with van der Waals surface area (Å²) in [6.07, 6.45) is 0.812. The van der Waals surface area contributed by atoms with E-state index >= 15 is 0 Å². The first kappa shape index (κ1) is 17.3. The maximum atomic E-state index is 6.46. The summed E-state index contributed by atoms with van der Waals surface area (Å²) in [5.74, 6) is 4.97. The van der Waals surface area contributed by atoms with Gasteiger partial charge >= 0.3 is 0 Å². The van der Waals surface area contributed by atoms with Crippen LogP contribution in [0.15, 0.2) is 60.2 Å². The molecule has 6 rings (SSSR count). The van der Waals surface area contributed by atoms with Crippen LogP contribution in [0.3, 0.4) is 0 Å². The molecule has 1 atom stereocenters. The van der Waals surface area contributed by atoms with Crippen LogP contribution in [0.4, 0.5) is 0 Å². The first-order chi connectivity index (χ1) is 14.7. The van der Waals surface area contributed by atoms with Crippen LogP contribution in [0, 0.1) is 0 Å². The molecule has 0 N–H and O–H groups in total. The summed E-state index contributed by atoms with van der Waals surface area (Å²) in [6, 6.07) is 18.4. The molecule has 0 bridgehead atoms. The van der Waals surface area contributed by atoms with Gasteiger partial charge in [0.05, 0.1) is 14.2 Å². The smallest absolute Gasteiger partial charge is 0.231 e. The number of methoxy groups -OCH3 is 2. The molecular weight excluding hydrogens is 380 g/mol. The second kappa shape index (κ2) is 6.46. The van der Waals surface area contributed by atoms with Gasteiger partial charge in [0.1, 0.15) is 23.0 Å². The molecule has 5 nitrogen and oxygen atoms in total. The Kier molecular flexibility index (Phi) is 3.72. The topological polar surface area (TPSA) is 46.2 Å². The van der Waals surface area contributed by atoms with Gasteiger partial charge in [0.2, 0.25) is 6.79 Å². The van der Waals surface area contributed by atoms with E-state index < -0.39 is 0 Å². The molecule has 0 amide bonds. The highest BCUT2D eigenvalue weighted by Crippen LogP contribution is 2.53. The molecule has 0 unspecified atom stereocenters. The van der Waals surface area contributed by atoms with Gasteiger partial charge in [-0.3, -0.25) is 0 Å². The maximum Gasteiger partial charge on any atom is 0.231 e. The lowest BCUT2D eigenvalue weighted by Crippen LogP contribution is -2.14. The highest BCUT2D eigenvalue weighted by atomic mass is 16.7. The molecule has 3 aromatic rings. The van der Waals surface area contributed by atoms with Crippen molar-refractivity contribution >= 4 is 5.76 Å². The number of benzene rings is 3. The minimum atomic E-state index is 0.0579. The number of ether oxygens (including phenoxy) is 5. The molecule has 3 aliphatic rings. The molecule has 1 aliphatic carbocycles. The molecule has 0 saturated heterocycles. The van der Waals surface area contributed by atoms with E-state index in [0.29, 0.717) is 0 Å². The van der Waals surface area contributed by atoms with Gasteiger partial charge < -0.3 is 23.7 Å². The minimum absolute atomic E-state index is 0.0579. The van der Waals surface area contributed by atoms with E-state index in [1.54, 1.807) is 14.2 Å². The zero-order chi connectivity index (χ0) is 20.2. The zero-order valence-electron chi connectivity index (χ0n) is 16.7. The fraction of sp³-hybridized carbons (Fsp3) is 0.200. The van der Waals surface area contributed by atoms with E-state index in [2.05, 4.69) is 30.3 Å². The van der Waals surface area contributed by atoms with Crippen molar-refractivity contribution in [3.05, 3.63) is 82.4 Å². The Balaban J connectivity index is 1.53. The Bertz CT molecular complexity index is 1190. The summed E-state index contributed by atoms with van der Waals surface area (Å²) >= 11 is 0. The summed E-state index contributed by atoms with van der Waals surface area (Å²) in [5.41, 5.74) is 5.85. The fourth-order valence-corrected chi connectivity index (χ4v) is 4.60. The molecule has 150 valence electrons. The SMILES string of the molecule is COc1ccc([C@@H]2C3=C(Oc4cc5c(cc42)OCO5)c2ccc(OC)cc2C3)cc1. The summed E-state index contributed by atoms with van der Waals surface area (Å²) in [4.78, 5) is 0. The van der Waals surface area contributed by atoms with Gasteiger partial charge in [-0.25, -0.2) is 0 Å². The van der Waals surface area contributed by atoms with Gasteiger partial charge in [-0.2, -0.15) is 0 Å². The van der Waals surface area contributed by atoms with Gasteiger partial charge in [-0.1, -0.05) is 12.1 Å². The number of allylic oxidation sites excluding steroid dienone is 1. The van der Waals surface area contributed by atoms with Gasteiger partial charge in [-0.05, 0) is 59.5 Å². The lowest BCUT2D eigenvalue weighted by atomic mass is 9.81. The monoisotopic (exact) mass is 400 g/mol. The van der Waals surface area contributed by atoms with Crippen molar-refractivity contribution in [1.82, 2.24) is 0 Å². The number of fused-ring (bicyclic) bond motifs is 4. The lowest BCUT2D eigenvalue weighted by Gasteiger charge is -2.29. The van der Waals surface area contributed by atoms with E-state index in [4.69, 9.17) is 23.7 Å². The third-order valence-corrected chi connectivity index (χ3v) is 6.06. The van der Waals surface area contributed by atoms with Crippen molar-refractivity contribution in [2.75, 3.05) is 21.0 Å². The van der Waals surface area contributed by atoms with E-state index in [9.17, 15) is 0 Å². The number of hydrogen-bond donors (Lipinski definition) is 0. The highest BCUT2D eigenvalue weighted by Gasteiger charge is 2.38. The summed E-state index contributed by atoms with van der Waals surface area (Å²) < 4.78 is 28.5. The number of hydrogen-bond acceptors (Lipinski definition) is 5. The van der Waals surface area contributed by atoms with Crippen molar-refractivity contribution in [2.45, 2.75) is 12.3 Å². The molecule has 2 aliphatic heterocycles. The summed E-state index contributed by atoms with van der Waals surface area (Å²) in [5, 5.41) is 0. The first-order valence-corrected chi connectivity index (χ1v) is 9.91. The molecule has 0 saturated carbocycles. The molecule has 3 aromatic carbocycles. The second-order valence-corrected chi connectivity index (χ2v) is 7.61. The molecule has 5 heteroatoms. The van der Waals surface area contributed by atoms with E-state index in [1.807, 2.05) is 24.3 Å². The first-order valence-electron chi connectivity index (χ1n) is 9.91. The van der Waals surface area contributed by atoms with Crippen LogP contribution in [0.1, 0.15) is 28.2 Å². The average molecular weight is 400 g/mol. The standard InChI is InChI=1S/C25H20O5/c1-26-16-5-3-14(4-6-16)24-19-11-22-23(29-13-28-22)12-21(19)30-25-18-8-7-17(27-2)9-15(18)10-20(24)25/h3-9,11-12,24H,10,13H2,1-2H3/t24-/m0/s1. The van der Waals surface area contributed by atoms with E-state index in [0.717, 1.165) is 52.1 Å². The third kappa shape index (κ3) is 2.48. The van der Waals surface area contributed by atoms with Crippen LogP contribution >= 0.6 is 0 Å². The average Bonchev–Trinajstić information content (AvgIpc) is 3.39. The normalized spacial score (nSPS) is 17.7. The Morgan fingerprint density at radius 3 is 2.30 bits per heavy atom. The molecule has 0 spiro atoms. The van der Waals surface area contributed by atoms with Crippen molar-refractivity contribution < 1.29 is 23.7 Å². The Labute approximate surface area is 174 Å². The molecule has 0 fully saturated rings. The van der Waals surface area contributed by atoms with Gasteiger partial charge in [0, 0.05) is 23.1 Å². The van der Waals surface area contributed by atoms with Gasteiger partial charge in [0.25, 0.3) is 0 Å². The molecule has 0 aromatic heterocycles. The van der Waals surface area contributed by atoms with Crippen molar-refractivity contribution in [1.29, 1.82) is 0 Å². The quantitative estimate of drug-likeness (QED) is 0.624. The van der Waals surface area contributed by atoms with E-state index in [1.165, 1.54) is 16.7 Å². The predicted molar refractivity (Wildman–Crippen MR) is 112 cm³/mol.